The first-order chi connectivity index (χ1) is 17.6. The molecule has 2 aliphatic rings. The fourth-order valence-corrected chi connectivity index (χ4v) is 6.85. The molecule has 0 saturated carbocycles. The molecular weight excluding hydrogens is 472 g/mol. The number of rotatable bonds is 4. The van der Waals surface area contributed by atoms with E-state index in [2.05, 4.69) is 96.2 Å². The second kappa shape index (κ2) is 9.66. The molecule has 1 unspecified atom stereocenters. The zero-order valence-electron chi connectivity index (χ0n) is 22.7. The quantitative estimate of drug-likeness (QED) is 0.211. The van der Waals surface area contributed by atoms with Crippen molar-refractivity contribution in [3.05, 3.63) is 105 Å². The van der Waals surface area contributed by atoms with Crippen LogP contribution in [0.15, 0.2) is 66.3 Å². The van der Waals surface area contributed by atoms with Crippen molar-refractivity contribution in [1.82, 2.24) is 0 Å². The Balaban J connectivity index is 1.53. The summed E-state index contributed by atoms with van der Waals surface area (Å²) in [7, 11) is 0. The molecule has 0 saturated heterocycles. The third kappa shape index (κ3) is 4.36. The van der Waals surface area contributed by atoms with Crippen LogP contribution in [-0.2, 0) is 5.41 Å². The van der Waals surface area contributed by atoms with E-state index >= 15 is 0 Å². The zero-order valence-corrected chi connectivity index (χ0v) is 23.5. The lowest BCUT2D eigenvalue weighted by Gasteiger charge is -2.34. The van der Waals surface area contributed by atoms with Gasteiger partial charge >= 0.3 is 0 Å². The van der Waals surface area contributed by atoms with Gasteiger partial charge in [-0.25, -0.2) is 0 Å². The van der Waals surface area contributed by atoms with E-state index in [1.54, 1.807) is 0 Å². The van der Waals surface area contributed by atoms with Crippen LogP contribution >= 0.6 is 11.8 Å². The molecule has 3 aromatic rings. The minimum atomic E-state index is -0.194. The topological polar surface area (TPSA) is 59.1 Å². The number of nitrogens with one attached hydrogen (secondary N) is 1. The summed E-state index contributed by atoms with van der Waals surface area (Å²) in [4.78, 5) is 0. The molecule has 1 heterocycles. The van der Waals surface area contributed by atoms with E-state index in [1.807, 2.05) is 6.07 Å². The summed E-state index contributed by atoms with van der Waals surface area (Å²) in [5.41, 5.74) is 18.1. The summed E-state index contributed by atoms with van der Waals surface area (Å²) in [6.45, 7) is 13.1. The summed E-state index contributed by atoms with van der Waals surface area (Å²) < 4.78 is 6.42. The van der Waals surface area contributed by atoms with Gasteiger partial charge < -0.3 is 10.5 Å². The van der Waals surface area contributed by atoms with E-state index in [1.165, 1.54) is 45.2 Å². The van der Waals surface area contributed by atoms with Crippen molar-refractivity contribution in [2.75, 3.05) is 0 Å². The molecule has 3 N–H and O–H groups in total. The molecule has 0 bridgehead atoms. The van der Waals surface area contributed by atoms with E-state index in [4.69, 9.17) is 15.9 Å². The average molecular weight is 509 g/mol. The molecule has 0 amide bonds. The summed E-state index contributed by atoms with van der Waals surface area (Å²) in [6.07, 6.45) is 8.33. The maximum Gasteiger partial charge on any atom is 0.132 e. The van der Waals surface area contributed by atoms with Gasteiger partial charge in [0.1, 0.15) is 11.5 Å². The standard InChI is InChI=1S/C33H36N2OS/c1-19-21(3)30(32(35)37-31(34)23-12-8-7-9-13-23)22(4)20(2)29(19)24-16-17-26-28(18-24)36-27-15-11-10-14-25(27)33(26,5)6/h7-8,10-12,14-18,31,35H,9,13,34H2,1-6H3. The fraction of sp³-hybridized carbons (Fsp3) is 0.303. The van der Waals surface area contributed by atoms with E-state index in [0.717, 1.165) is 46.6 Å². The monoisotopic (exact) mass is 508 g/mol. The normalized spacial score (nSPS) is 16.4. The van der Waals surface area contributed by atoms with Crippen molar-refractivity contribution >= 4 is 16.8 Å². The van der Waals surface area contributed by atoms with Crippen molar-refractivity contribution in [3.8, 4) is 22.6 Å². The van der Waals surface area contributed by atoms with Gasteiger partial charge in [0.15, 0.2) is 0 Å². The predicted octanol–water partition coefficient (Wildman–Crippen LogP) is 8.64. The summed E-state index contributed by atoms with van der Waals surface area (Å²) >= 11 is 1.46. The number of hydrogen-bond acceptors (Lipinski definition) is 4. The van der Waals surface area contributed by atoms with E-state index in [9.17, 15) is 0 Å². The third-order valence-electron chi connectivity index (χ3n) is 8.23. The van der Waals surface area contributed by atoms with Crippen LogP contribution in [0, 0.1) is 33.1 Å². The van der Waals surface area contributed by atoms with E-state index in [-0.39, 0.29) is 10.8 Å². The highest BCUT2D eigenvalue weighted by Gasteiger charge is 2.34. The van der Waals surface area contributed by atoms with Gasteiger partial charge in [0.05, 0.1) is 10.4 Å². The van der Waals surface area contributed by atoms with Gasteiger partial charge in [0, 0.05) is 22.1 Å². The number of para-hydroxylation sites is 1. The number of thioether (sulfide) groups is 1. The van der Waals surface area contributed by atoms with Gasteiger partial charge in [0.2, 0.25) is 0 Å². The van der Waals surface area contributed by atoms with Gasteiger partial charge in [-0.15, -0.1) is 0 Å². The molecular formula is C33H36N2OS. The Hall–Kier alpha value is -3.08. The molecule has 4 heteroatoms. The maximum atomic E-state index is 8.98. The maximum absolute atomic E-state index is 8.98. The second-order valence-corrected chi connectivity index (χ2v) is 11.9. The van der Waals surface area contributed by atoms with Crippen LogP contribution in [0.25, 0.3) is 11.1 Å². The Morgan fingerprint density at radius 1 is 0.946 bits per heavy atom. The second-order valence-electron chi connectivity index (χ2n) is 10.8. The van der Waals surface area contributed by atoms with Crippen molar-refractivity contribution in [3.63, 3.8) is 0 Å². The first kappa shape index (κ1) is 25.6. The van der Waals surface area contributed by atoms with Crippen LogP contribution in [0.4, 0.5) is 0 Å². The SMILES string of the molecule is Cc1c(C)c(-c2ccc3c(c2)Oc2ccccc2C3(C)C)c(C)c(C)c1C(=N)SC(N)C1=CC=CCC1. The van der Waals surface area contributed by atoms with Crippen molar-refractivity contribution in [1.29, 1.82) is 5.41 Å². The Kier molecular flexibility index (Phi) is 6.68. The number of allylic oxidation sites excluding steroid dienone is 3. The first-order valence-corrected chi connectivity index (χ1v) is 13.9. The molecule has 0 fully saturated rings. The van der Waals surface area contributed by atoms with Gasteiger partial charge in [-0.2, -0.15) is 0 Å². The smallest absolute Gasteiger partial charge is 0.132 e. The molecule has 0 spiro atoms. The van der Waals surface area contributed by atoms with Crippen molar-refractivity contribution in [2.45, 2.75) is 65.2 Å². The van der Waals surface area contributed by atoms with Crippen molar-refractivity contribution in [2.24, 2.45) is 5.73 Å². The highest BCUT2D eigenvalue weighted by molar-refractivity contribution is 8.14. The first-order valence-electron chi connectivity index (χ1n) is 13.0. The van der Waals surface area contributed by atoms with Crippen LogP contribution < -0.4 is 10.5 Å². The van der Waals surface area contributed by atoms with Crippen LogP contribution in [0.1, 0.15) is 65.6 Å². The lowest BCUT2D eigenvalue weighted by Crippen LogP contribution is -2.24. The molecule has 190 valence electrons. The molecule has 37 heavy (non-hydrogen) atoms. The van der Waals surface area contributed by atoms with E-state index in [0.29, 0.717) is 5.04 Å². The highest BCUT2D eigenvalue weighted by Crippen LogP contribution is 2.49. The number of ether oxygens (including phenoxy) is 1. The molecule has 3 nitrogen and oxygen atoms in total. The Bertz CT molecular complexity index is 1450. The summed E-state index contributed by atoms with van der Waals surface area (Å²) in [6, 6.07) is 15.0. The van der Waals surface area contributed by atoms with Gasteiger partial charge in [0.25, 0.3) is 0 Å². The van der Waals surface area contributed by atoms with Gasteiger partial charge in [-0.1, -0.05) is 74.2 Å². The molecule has 5 rings (SSSR count). The fourth-order valence-electron chi connectivity index (χ4n) is 5.82. The highest BCUT2D eigenvalue weighted by atomic mass is 32.2. The van der Waals surface area contributed by atoms with Crippen LogP contribution in [-0.4, -0.2) is 10.4 Å². The predicted molar refractivity (Wildman–Crippen MR) is 158 cm³/mol. The van der Waals surface area contributed by atoms with Gasteiger partial charge in [-0.3, -0.25) is 5.41 Å². The lowest BCUT2D eigenvalue weighted by atomic mass is 9.75. The van der Waals surface area contributed by atoms with Crippen LogP contribution in [0.2, 0.25) is 0 Å². The number of benzene rings is 3. The number of hydrogen-bond donors (Lipinski definition) is 2. The van der Waals surface area contributed by atoms with E-state index < -0.39 is 0 Å². The van der Waals surface area contributed by atoms with Crippen LogP contribution in [0.3, 0.4) is 0 Å². The Morgan fingerprint density at radius 3 is 2.30 bits per heavy atom. The number of fused-ring (bicyclic) bond motifs is 2. The molecule has 0 radical (unpaired) electrons. The summed E-state index contributed by atoms with van der Waals surface area (Å²) in [5, 5.41) is 9.33. The number of nitrogens with two attached hydrogens (primary N) is 1. The van der Waals surface area contributed by atoms with Crippen LogP contribution in [0.5, 0.6) is 11.5 Å². The molecule has 3 aromatic carbocycles. The Labute approximate surface area is 225 Å². The minimum Gasteiger partial charge on any atom is -0.457 e. The minimum absolute atomic E-state index is 0.128. The zero-order chi connectivity index (χ0) is 26.5. The third-order valence-corrected chi connectivity index (χ3v) is 9.23. The largest absolute Gasteiger partial charge is 0.457 e. The molecule has 0 aromatic heterocycles. The van der Waals surface area contributed by atoms with Crippen molar-refractivity contribution < 1.29 is 4.74 Å². The molecule has 1 atom stereocenters. The Morgan fingerprint density at radius 2 is 1.62 bits per heavy atom. The summed E-state index contributed by atoms with van der Waals surface area (Å²) in [5.74, 6) is 1.85. The average Bonchev–Trinajstić information content (AvgIpc) is 2.88. The molecule has 1 aliphatic carbocycles. The molecule has 1 aliphatic heterocycles. The lowest BCUT2D eigenvalue weighted by molar-refractivity contribution is 0.418. The van der Waals surface area contributed by atoms with Gasteiger partial charge in [-0.05, 0) is 91.6 Å².